The van der Waals surface area contributed by atoms with Crippen molar-refractivity contribution >= 4 is 11.6 Å². The minimum Gasteiger partial charge on any atom is -0.438 e. The number of rotatable bonds is 5. The third kappa shape index (κ3) is 4.15. The molecule has 2 heterocycles. The van der Waals surface area contributed by atoms with Crippen molar-refractivity contribution in [3.8, 4) is 17.4 Å². The maximum Gasteiger partial charge on any atom is 0.258 e. The van der Waals surface area contributed by atoms with Gasteiger partial charge in [-0.05, 0) is 56.3 Å². The van der Waals surface area contributed by atoms with Gasteiger partial charge in [0.05, 0.1) is 11.3 Å². The van der Waals surface area contributed by atoms with Crippen molar-refractivity contribution in [3.05, 3.63) is 89.3 Å². The van der Waals surface area contributed by atoms with E-state index >= 15 is 0 Å². The first kappa shape index (κ1) is 21.0. The van der Waals surface area contributed by atoms with Crippen LogP contribution >= 0.6 is 0 Å². The summed E-state index contributed by atoms with van der Waals surface area (Å²) in [5.41, 5.74) is 1.54. The van der Waals surface area contributed by atoms with Crippen LogP contribution in [0.1, 0.15) is 21.7 Å². The van der Waals surface area contributed by atoms with Gasteiger partial charge in [-0.3, -0.25) is 9.36 Å². The summed E-state index contributed by atoms with van der Waals surface area (Å²) in [6.07, 6.45) is 1.66. The molecule has 0 radical (unpaired) electrons. The fourth-order valence-corrected chi connectivity index (χ4v) is 2.85. The van der Waals surface area contributed by atoms with Gasteiger partial charge in [0.2, 0.25) is 5.88 Å². The quantitative estimate of drug-likeness (QED) is 0.454. The van der Waals surface area contributed by atoms with Crippen molar-refractivity contribution in [3.63, 3.8) is 0 Å². The number of hydrogen-bond acceptors (Lipinski definition) is 5. The summed E-state index contributed by atoms with van der Waals surface area (Å²) in [6.45, 7) is 3.83. The summed E-state index contributed by atoms with van der Waals surface area (Å²) >= 11 is 0. The largest absolute Gasteiger partial charge is 0.438 e. The Bertz CT molecular complexity index is 1290. The molecule has 0 spiro atoms. The Labute approximate surface area is 180 Å². The predicted molar refractivity (Wildman–Crippen MR) is 109 cm³/mol. The monoisotopic (exact) mass is 439 g/mol. The second-order valence-corrected chi connectivity index (χ2v) is 6.82. The zero-order chi connectivity index (χ0) is 22.8. The zero-order valence-electron chi connectivity index (χ0n) is 16.9. The summed E-state index contributed by atoms with van der Waals surface area (Å²) in [5.74, 6) is -4.27. The van der Waals surface area contributed by atoms with Crippen LogP contribution in [0.4, 0.5) is 18.9 Å². The standard InChI is InChI=1S/C22H16F3N5O2/c1-12-13(2)30(11-26-12)18-9-10-19(29-28-18)32-15-5-3-14(4-6-15)27-22(31)16-7-8-17(23)21(25)20(16)24/h3-11H,1-2H3,(H,27,31). The fraction of sp³-hybridized carbons (Fsp3) is 0.0909. The SMILES string of the molecule is Cc1ncn(-c2ccc(Oc3ccc(NC(=O)c4ccc(F)c(F)c4F)cc3)nn2)c1C. The maximum absolute atomic E-state index is 13.8. The molecular formula is C22H16F3N5O2. The molecule has 0 aliphatic rings. The predicted octanol–water partition coefficient (Wildman–Crippen LogP) is 4.74. The van der Waals surface area contributed by atoms with Crippen molar-refractivity contribution in [2.24, 2.45) is 0 Å². The Morgan fingerprint density at radius 2 is 1.69 bits per heavy atom. The van der Waals surface area contributed by atoms with E-state index in [1.165, 1.54) is 12.1 Å². The van der Waals surface area contributed by atoms with Gasteiger partial charge in [0, 0.05) is 17.4 Å². The number of carbonyl (C=O) groups excluding carboxylic acids is 1. The number of nitrogens with zero attached hydrogens (tertiary/aromatic N) is 4. The van der Waals surface area contributed by atoms with Gasteiger partial charge in [0.15, 0.2) is 23.3 Å². The highest BCUT2D eigenvalue weighted by Crippen LogP contribution is 2.23. The van der Waals surface area contributed by atoms with E-state index in [0.717, 1.165) is 17.5 Å². The van der Waals surface area contributed by atoms with Crippen molar-refractivity contribution in [2.45, 2.75) is 13.8 Å². The molecule has 0 saturated heterocycles. The summed E-state index contributed by atoms with van der Waals surface area (Å²) in [4.78, 5) is 16.4. The summed E-state index contributed by atoms with van der Waals surface area (Å²) in [5, 5.41) is 10.6. The number of anilines is 1. The van der Waals surface area contributed by atoms with Crippen molar-refractivity contribution < 1.29 is 22.7 Å². The van der Waals surface area contributed by atoms with E-state index in [0.29, 0.717) is 23.3 Å². The molecule has 1 amide bonds. The number of ether oxygens (including phenoxy) is 1. The van der Waals surface area contributed by atoms with E-state index in [9.17, 15) is 18.0 Å². The van der Waals surface area contributed by atoms with Crippen LogP contribution in [0.5, 0.6) is 11.6 Å². The van der Waals surface area contributed by atoms with E-state index in [2.05, 4.69) is 20.5 Å². The number of nitrogens with one attached hydrogen (secondary N) is 1. The van der Waals surface area contributed by atoms with Gasteiger partial charge >= 0.3 is 0 Å². The van der Waals surface area contributed by atoms with Gasteiger partial charge < -0.3 is 10.1 Å². The number of hydrogen-bond donors (Lipinski definition) is 1. The zero-order valence-corrected chi connectivity index (χ0v) is 16.9. The number of imidazole rings is 1. The van der Waals surface area contributed by atoms with Gasteiger partial charge in [0.1, 0.15) is 12.1 Å². The molecule has 0 saturated carbocycles. The smallest absolute Gasteiger partial charge is 0.258 e. The van der Waals surface area contributed by atoms with Crippen molar-refractivity contribution in [1.29, 1.82) is 0 Å². The highest BCUT2D eigenvalue weighted by Gasteiger charge is 2.19. The highest BCUT2D eigenvalue weighted by molar-refractivity contribution is 6.04. The number of amides is 1. The van der Waals surface area contributed by atoms with Crippen LogP contribution in [0.15, 0.2) is 54.9 Å². The first-order valence-electron chi connectivity index (χ1n) is 9.41. The molecule has 2 aromatic carbocycles. The third-order valence-corrected chi connectivity index (χ3v) is 4.74. The molecule has 2 aromatic heterocycles. The van der Waals surface area contributed by atoms with Gasteiger partial charge in [-0.15, -0.1) is 10.2 Å². The number of halogens is 3. The molecule has 0 aliphatic carbocycles. The molecule has 0 fully saturated rings. The lowest BCUT2D eigenvalue weighted by molar-refractivity contribution is 0.102. The lowest BCUT2D eigenvalue weighted by Crippen LogP contribution is -2.15. The molecule has 4 aromatic rings. The van der Waals surface area contributed by atoms with E-state index in [1.807, 2.05) is 13.8 Å². The first-order chi connectivity index (χ1) is 15.3. The van der Waals surface area contributed by atoms with Crippen molar-refractivity contribution in [2.75, 3.05) is 5.32 Å². The molecule has 0 unspecified atom stereocenters. The van der Waals surface area contributed by atoms with Gasteiger partial charge in [-0.2, -0.15) is 0 Å². The van der Waals surface area contributed by atoms with E-state index in [1.54, 1.807) is 35.2 Å². The average Bonchev–Trinajstić information content (AvgIpc) is 3.12. The lowest BCUT2D eigenvalue weighted by Gasteiger charge is -2.09. The summed E-state index contributed by atoms with van der Waals surface area (Å²) in [6, 6.07) is 11.1. The molecule has 10 heteroatoms. The Hall–Kier alpha value is -4.21. The molecule has 1 N–H and O–H groups in total. The lowest BCUT2D eigenvalue weighted by atomic mass is 10.1. The topological polar surface area (TPSA) is 81.9 Å². The number of carbonyl (C=O) groups is 1. The van der Waals surface area contributed by atoms with Crippen LogP contribution in [0.25, 0.3) is 5.82 Å². The normalized spacial score (nSPS) is 10.8. The van der Waals surface area contributed by atoms with Gasteiger partial charge in [-0.25, -0.2) is 18.2 Å². The fourth-order valence-electron chi connectivity index (χ4n) is 2.85. The Morgan fingerprint density at radius 3 is 2.31 bits per heavy atom. The summed E-state index contributed by atoms with van der Waals surface area (Å²) < 4.78 is 47.6. The molecule has 162 valence electrons. The first-order valence-corrected chi connectivity index (χ1v) is 9.41. The van der Waals surface area contributed by atoms with Crippen LogP contribution in [0.3, 0.4) is 0 Å². The van der Waals surface area contributed by atoms with E-state index in [4.69, 9.17) is 4.74 Å². The van der Waals surface area contributed by atoms with Crippen LogP contribution < -0.4 is 10.1 Å². The Morgan fingerprint density at radius 1 is 0.938 bits per heavy atom. The third-order valence-electron chi connectivity index (χ3n) is 4.74. The highest BCUT2D eigenvalue weighted by atomic mass is 19.2. The second-order valence-electron chi connectivity index (χ2n) is 6.82. The molecule has 0 bridgehead atoms. The number of benzene rings is 2. The Kier molecular flexibility index (Phi) is 5.59. The second kappa shape index (κ2) is 8.50. The minimum absolute atomic E-state index is 0.254. The van der Waals surface area contributed by atoms with Gasteiger partial charge in [0.25, 0.3) is 5.91 Å². The molecular weight excluding hydrogens is 423 g/mol. The maximum atomic E-state index is 13.8. The summed E-state index contributed by atoms with van der Waals surface area (Å²) in [7, 11) is 0. The average molecular weight is 439 g/mol. The molecule has 32 heavy (non-hydrogen) atoms. The molecule has 0 aliphatic heterocycles. The van der Waals surface area contributed by atoms with Crippen LogP contribution in [-0.2, 0) is 0 Å². The van der Waals surface area contributed by atoms with Gasteiger partial charge in [-0.1, -0.05) is 0 Å². The molecule has 7 nitrogen and oxygen atoms in total. The van der Waals surface area contributed by atoms with Crippen LogP contribution in [0, 0.1) is 31.3 Å². The van der Waals surface area contributed by atoms with Crippen LogP contribution in [0.2, 0.25) is 0 Å². The minimum atomic E-state index is -1.70. The van der Waals surface area contributed by atoms with E-state index in [-0.39, 0.29) is 5.88 Å². The molecule has 4 rings (SSSR count). The number of aryl methyl sites for hydroxylation is 1. The van der Waals surface area contributed by atoms with Crippen molar-refractivity contribution in [1.82, 2.24) is 19.7 Å². The van der Waals surface area contributed by atoms with E-state index < -0.39 is 28.9 Å². The Balaban J connectivity index is 1.42. The molecule has 0 atom stereocenters. The number of aromatic nitrogens is 4. The van der Waals surface area contributed by atoms with Crippen LogP contribution in [-0.4, -0.2) is 25.7 Å².